The average molecular weight is 484 g/mol. The number of pyridine rings is 2. The molecule has 180 valence electrons. The minimum absolute atomic E-state index is 0.0567. The molecular weight excluding hydrogens is 461 g/mol. The lowest BCUT2D eigenvalue weighted by Gasteiger charge is -2.12. The van der Waals surface area contributed by atoms with Gasteiger partial charge >= 0.3 is 0 Å². The van der Waals surface area contributed by atoms with Gasteiger partial charge < -0.3 is 14.4 Å². The van der Waals surface area contributed by atoms with E-state index in [4.69, 9.17) is 4.52 Å². The van der Waals surface area contributed by atoms with E-state index < -0.39 is 0 Å². The normalized spacial score (nSPS) is 11.1. The van der Waals surface area contributed by atoms with Crippen molar-refractivity contribution in [1.29, 1.82) is 0 Å². The first kappa shape index (κ1) is 23.1. The number of halogens is 1. The Kier molecular flexibility index (Phi) is 6.12. The van der Waals surface area contributed by atoms with Crippen LogP contribution < -0.4 is 10.7 Å². The molecule has 0 fully saturated rings. The number of carbonyl (C=O) groups is 1. The predicted octanol–water partition coefficient (Wildman–Crippen LogP) is 4.19. The summed E-state index contributed by atoms with van der Waals surface area (Å²) in [7, 11) is 0. The van der Waals surface area contributed by atoms with Crippen LogP contribution in [0.3, 0.4) is 0 Å². The quantitative estimate of drug-likeness (QED) is 0.389. The van der Waals surface area contributed by atoms with Crippen LogP contribution >= 0.6 is 0 Å². The van der Waals surface area contributed by atoms with E-state index in [0.717, 1.165) is 16.7 Å². The second-order valence-corrected chi connectivity index (χ2v) is 8.46. The average Bonchev–Trinajstić information content (AvgIpc) is 3.35. The molecule has 0 bridgehead atoms. The molecule has 0 aliphatic carbocycles. The van der Waals surface area contributed by atoms with Crippen molar-refractivity contribution in [3.63, 3.8) is 0 Å². The summed E-state index contributed by atoms with van der Waals surface area (Å²) < 4.78 is 20.2. The molecule has 0 atom stereocenters. The third kappa shape index (κ3) is 4.63. The zero-order valence-electron chi connectivity index (χ0n) is 19.7. The highest BCUT2D eigenvalue weighted by Gasteiger charge is 2.19. The Morgan fingerprint density at radius 3 is 2.56 bits per heavy atom. The lowest BCUT2D eigenvalue weighted by Crippen LogP contribution is -2.28. The van der Waals surface area contributed by atoms with Gasteiger partial charge in [0, 0.05) is 24.0 Å². The summed E-state index contributed by atoms with van der Waals surface area (Å²) in [5, 5.41) is 7.21. The lowest BCUT2D eigenvalue weighted by atomic mass is 10.1. The van der Waals surface area contributed by atoms with E-state index in [-0.39, 0.29) is 41.7 Å². The molecule has 0 spiro atoms. The number of nitrogens with one attached hydrogen (secondary N) is 1. The van der Waals surface area contributed by atoms with Gasteiger partial charge in [-0.1, -0.05) is 41.6 Å². The van der Waals surface area contributed by atoms with Gasteiger partial charge in [-0.05, 0) is 49.2 Å². The van der Waals surface area contributed by atoms with Crippen LogP contribution in [0, 0.1) is 19.7 Å². The van der Waals surface area contributed by atoms with Gasteiger partial charge in [0.2, 0.25) is 17.2 Å². The third-order valence-corrected chi connectivity index (χ3v) is 5.82. The second kappa shape index (κ2) is 9.53. The fourth-order valence-corrected chi connectivity index (χ4v) is 3.91. The van der Waals surface area contributed by atoms with Crippen molar-refractivity contribution in [2.75, 3.05) is 0 Å². The largest absolute Gasteiger partial charge is 0.350 e. The number of aryl methyl sites for hydroxylation is 2. The van der Waals surface area contributed by atoms with Crippen LogP contribution in [0.15, 0.2) is 76.2 Å². The maximum Gasteiger partial charge on any atom is 0.263 e. The molecule has 0 unspecified atom stereocenters. The Hall–Kier alpha value is -4.66. The fraction of sp³-hybridized carbons (Fsp3) is 0.148. The first-order valence-electron chi connectivity index (χ1n) is 11.3. The lowest BCUT2D eigenvalue weighted by molar-refractivity contribution is -0.121. The molecule has 5 aromatic rings. The minimum atomic E-state index is -0.342. The van der Waals surface area contributed by atoms with E-state index in [1.165, 1.54) is 18.3 Å². The van der Waals surface area contributed by atoms with E-state index in [0.29, 0.717) is 22.6 Å². The van der Waals surface area contributed by atoms with Crippen LogP contribution in [-0.2, 0) is 17.9 Å². The fourth-order valence-electron chi connectivity index (χ4n) is 3.91. The Balaban J connectivity index is 1.50. The summed E-state index contributed by atoms with van der Waals surface area (Å²) in [6.45, 7) is 3.89. The first-order valence-corrected chi connectivity index (χ1v) is 11.3. The number of aromatic nitrogens is 4. The van der Waals surface area contributed by atoms with E-state index in [1.807, 2.05) is 38.1 Å². The monoisotopic (exact) mass is 483 g/mol. The number of hydrogen-bond acceptors (Lipinski definition) is 6. The van der Waals surface area contributed by atoms with Crippen LogP contribution in [0.4, 0.5) is 4.39 Å². The Labute approximate surface area is 205 Å². The zero-order valence-corrected chi connectivity index (χ0v) is 19.7. The van der Waals surface area contributed by atoms with Crippen molar-refractivity contribution in [1.82, 2.24) is 25.0 Å². The van der Waals surface area contributed by atoms with Crippen LogP contribution in [0.5, 0.6) is 0 Å². The standard InChI is InChI=1S/C27H22FN5O3/c1-16-5-3-4-6-20(16)25-31-27(36-32-25)22-14-33(26-21(24(22)35)12-7-17(2)30-26)15-23(34)29-13-18-8-10-19(28)11-9-18/h3-12,14H,13,15H2,1-2H3,(H,29,34). The molecule has 36 heavy (non-hydrogen) atoms. The second-order valence-electron chi connectivity index (χ2n) is 8.46. The van der Waals surface area contributed by atoms with Crippen LogP contribution in [0.25, 0.3) is 33.9 Å². The summed E-state index contributed by atoms with van der Waals surface area (Å²) in [4.78, 5) is 35.0. The van der Waals surface area contributed by atoms with Gasteiger partial charge in [0.25, 0.3) is 5.89 Å². The molecule has 0 radical (unpaired) electrons. The Bertz CT molecular complexity index is 1640. The highest BCUT2D eigenvalue weighted by molar-refractivity contribution is 5.83. The SMILES string of the molecule is Cc1ccc2c(=O)c(-c3nc(-c4ccccc4C)no3)cn(CC(=O)NCc3ccc(F)cc3)c2n1. The van der Waals surface area contributed by atoms with Gasteiger partial charge in [0.15, 0.2) is 0 Å². The summed E-state index contributed by atoms with van der Waals surface area (Å²) >= 11 is 0. The molecule has 0 saturated carbocycles. The number of rotatable bonds is 6. The molecule has 0 aliphatic rings. The highest BCUT2D eigenvalue weighted by atomic mass is 19.1. The van der Waals surface area contributed by atoms with Crippen molar-refractivity contribution in [2.24, 2.45) is 0 Å². The third-order valence-electron chi connectivity index (χ3n) is 5.82. The molecule has 0 aliphatic heterocycles. The van der Waals surface area contributed by atoms with Gasteiger partial charge in [-0.3, -0.25) is 9.59 Å². The van der Waals surface area contributed by atoms with Crippen molar-refractivity contribution >= 4 is 16.9 Å². The topological polar surface area (TPSA) is 103 Å². The van der Waals surface area contributed by atoms with E-state index in [1.54, 1.807) is 28.8 Å². The maximum absolute atomic E-state index is 13.3. The summed E-state index contributed by atoms with van der Waals surface area (Å²) in [6.07, 6.45) is 1.52. The van der Waals surface area contributed by atoms with Crippen LogP contribution in [-0.4, -0.2) is 25.6 Å². The molecule has 8 nitrogen and oxygen atoms in total. The van der Waals surface area contributed by atoms with E-state index in [2.05, 4.69) is 20.4 Å². The van der Waals surface area contributed by atoms with Gasteiger partial charge in [0.05, 0.1) is 5.39 Å². The Morgan fingerprint density at radius 2 is 1.78 bits per heavy atom. The number of fused-ring (bicyclic) bond motifs is 1. The van der Waals surface area contributed by atoms with Gasteiger partial charge in [0.1, 0.15) is 23.6 Å². The summed E-state index contributed by atoms with van der Waals surface area (Å²) in [6, 6.07) is 16.9. The van der Waals surface area contributed by atoms with Crippen molar-refractivity contribution in [2.45, 2.75) is 26.9 Å². The van der Waals surface area contributed by atoms with Gasteiger partial charge in [-0.25, -0.2) is 9.37 Å². The van der Waals surface area contributed by atoms with Crippen molar-refractivity contribution < 1.29 is 13.7 Å². The minimum Gasteiger partial charge on any atom is -0.350 e. The number of amides is 1. The number of benzene rings is 2. The van der Waals surface area contributed by atoms with Crippen LogP contribution in [0.1, 0.15) is 16.8 Å². The Morgan fingerprint density at radius 1 is 1.00 bits per heavy atom. The molecule has 2 aromatic carbocycles. The number of carbonyl (C=O) groups excluding carboxylic acids is 1. The summed E-state index contributed by atoms with van der Waals surface area (Å²) in [5.74, 6) is -0.218. The highest BCUT2D eigenvalue weighted by Crippen LogP contribution is 2.24. The smallest absolute Gasteiger partial charge is 0.263 e. The molecule has 9 heteroatoms. The summed E-state index contributed by atoms with van der Waals surface area (Å²) in [5.41, 5.74) is 3.46. The van der Waals surface area contributed by atoms with Crippen molar-refractivity contribution in [3.8, 4) is 22.8 Å². The van der Waals surface area contributed by atoms with Crippen molar-refractivity contribution in [3.05, 3.63) is 99.7 Å². The van der Waals surface area contributed by atoms with E-state index in [9.17, 15) is 14.0 Å². The zero-order chi connectivity index (χ0) is 25.2. The van der Waals surface area contributed by atoms with Gasteiger partial charge in [-0.2, -0.15) is 4.98 Å². The molecule has 1 N–H and O–H groups in total. The molecule has 3 heterocycles. The van der Waals surface area contributed by atoms with Crippen LogP contribution in [0.2, 0.25) is 0 Å². The molecule has 5 rings (SSSR count). The molecule has 0 saturated heterocycles. The van der Waals surface area contributed by atoms with E-state index >= 15 is 0 Å². The predicted molar refractivity (Wildman–Crippen MR) is 132 cm³/mol. The first-order chi connectivity index (χ1) is 17.4. The number of nitrogens with zero attached hydrogens (tertiary/aromatic N) is 4. The number of hydrogen-bond donors (Lipinski definition) is 1. The molecular formula is C27H22FN5O3. The molecule has 1 amide bonds. The van der Waals surface area contributed by atoms with Gasteiger partial charge in [-0.15, -0.1) is 0 Å². The molecule has 3 aromatic heterocycles. The maximum atomic E-state index is 13.3.